The van der Waals surface area contributed by atoms with Crippen LogP contribution in [-0.4, -0.2) is 0 Å². The highest BCUT2D eigenvalue weighted by Gasteiger charge is 2.22. The van der Waals surface area contributed by atoms with Gasteiger partial charge >= 0.3 is 0 Å². The molecule has 0 atom stereocenters. The first kappa shape index (κ1) is 39.3. The van der Waals surface area contributed by atoms with Gasteiger partial charge in [-0.05, 0) is 130 Å². The molecule has 0 saturated heterocycles. The van der Waals surface area contributed by atoms with E-state index >= 15 is 0 Å². The molecule has 292 valence electrons. The summed E-state index contributed by atoms with van der Waals surface area (Å²) in [7, 11) is 0. The molecule has 0 radical (unpaired) electrons. The molecule has 0 bridgehead atoms. The Morgan fingerprint density at radius 3 is 0.633 bits per heavy atom. The third-order valence-corrected chi connectivity index (χ3v) is 13.0. The fraction of sp³-hybridized carbons (Fsp3) is 0.0714. The van der Waals surface area contributed by atoms with E-state index in [1.807, 2.05) is 0 Å². The second-order valence-corrected chi connectivity index (χ2v) is 17.1. The van der Waals surface area contributed by atoms with Crippen LogP contribution in [0.2, 0.25) is 0 Å². The fourth-order valence-electron chi connectivity index (χ4n) is 8.18. The highest BCUT2D eigenvalue weighted by atomic mass is 79.9. The van der Waals surface area contributed by atoms with E-state index in [9.17, 15) is 0 Å². The van der Waals surface area contributed by atoms with E-state index in [1.54, 1.807) is 0 Å². The van der Waals surface area contributed by atoms with Gasteiger partial charge in [0.05, 0.1) is 11.4 Å². The minimum Gasteiger partial charge on any atom is -0.309 e. The molecule has 0 aromatic heterocycles. The number of fused-ring (bicyclic) bond motifs is 4. The Bertz CT molecular complexity index is 2710. The maximum atomic E-state index is 3.88. The Morgan fingerprint density at radius 2 is 0.433 bits per heavy atom. The highest BCUT2D eigenvalue weighted by molar-refractivity contribution is 9.11. The van der Waals surface area contributed by atoms with Crippen molar-refractivity contribution in [3.8, 4) is 0 Å². The topological polar surface area (TPSA) is 6.48 Å². The van der Waals surface area contributed by atoms with E-state index in [0.717, 1.165) is 31.7 Å². The molecule has 0 heterocycles. The first-order chi connectivity index (χ1) is 29.3. The smallest absolute Gasteiger partial charge is 0.0619 e. The van der Waals surface area contributed by atoms with E-state index in [1.165, 1.54) is 76.7 Å². The van der Waals surface area contributed by atoms with E-state index in [-0.39, 0.29) is 0 Å². The lowest BCUT2D eigenvalue weighted by Crippen LogP contribution is -2.11. The second kappa shape index (κ2) is 16.8. The van der Waals surface area contributed by atoms with Crippen molar-refractivity contribution < 1.29 is 0 Å². The zero-order valence-electron chi connectivity index (χ0n) is 34.1. The van der Waals surface area contributed by atoms with Crippen molar-refractivity contribution in [1.82, 2.24) is 0 Å². The Hall–Kier alpha value is -6.20. The van der Waals surface area contributed by atoms with E-state index < -0.39 is 0 Å². The molecule has 10 aromatic carbocycles. The Balaban J connectivity index is 0.000000154. The van der Waals surface area contributed by atoms with Crippen molar-refractivity contribution in [1.29, 1.82) is 0 Å². The predicted octanol–water partition coefficient (Wildman–Crippen LogP) is 17.7. The lowest BCUT2D eigenvalue weighted by atomic mass is 9.99. The van der Waals surface area contributed by atoms with E-state index in [2.05, 4.69) is 263 Å². The monoisotopic (exact) mass is 902 g/mol. The van der Waals surface area contributed by atoms with Crippen LogP contribution in [0.25, 0.3) is 43.1 Å². The predicted molar refractivity (Wildman–Crippen MR) is 267 cm³/mol. The fourth-order valence-corrected chi connectivity index (χ4v) is 9.56. The summed E-state index contributed by atoms with van der Waals surface area (Å²) in [5, 5.41) is 9.78. The molecule has 2 nitrogen and oxygen atoms in total. The summed E-state index contributed by atoms with van der Waals surface area (Å²) in [4.78, 5) is 4.77. The molecule has 60 heavy (non-hydrogen) atoms. The summed E-state index contributed by atoms with van der Waals surface area (Å²) < 4.78 is 2.29. The summed E-state index contributed by atoms with van der Waals surface area (Å²) in [6.45, 7) is 8.52. The molecule has 0 aliphatic heterocycles. The second-order valence-electron chi connectivity index (χ2n) is 15.5. The van der Waals surface area contributed by atoms with Crippen LogP contribution < -0.4 is 9.80 Å². The minimum atomic E-state index is 1.14. The van der Waals surface area contributed by atoms with Crippen LogP contribution in [0.15, 0.2) is 203 Å². The quantitative estimate of drug-likeness (QED) is 0.153. The van der Waals surface area contributed by atoms with Crippen LogP contribution in [0.5, 0.6) is 0 Å². The normalized spacial score (nSPS) is 11.2. The molecule has 0 aliphatic carbocycles. The van der Waals surface area contributed by atoms with Crippen molar-refractivity contribution in [2.75, 3.05) is 9.80 Å². The van der Waals surface area contributed by atoms with Gasteiger partial charge in [0, 0.05) is 53.2 Å². The molecule has 0 aliphatic rings. The van der Waals surface area contributed by atoms with Crippen LogP contribution in [0.1, 0.15) is 22.3 Å². The summed E-state index contributed by atoms with van der Waals surface area (Å²) in [6.07, 6.45) is 0. The van der Waals surface area contributed by atoms with Crippen molar-refractivity contribution >= 4 is 109 Å². The molecule has 0 spiro atoms. The zero-order chi connectivity index (χ0) is 41.3. The summed E-state index contributed by atoms with van der Waals surface area (Å²) in [5.74, 6) is 0. The maximum absolute atomic E-state index is 3.88. The van der Waals surface area contributed by atoms with Crippen LogP contribution in [0.4, 0.5) is 34.1 Å². The number of nitrogens with zero attached hydrogens (tertiary/aromatic N) is 2. The summed E-state index contributed by atoms with van der Waals surface area (Å²) >= 11 is 7.76. The van der Waals surface area contributed by atoms with Gasteiger partial charge < -0.3 is 9.80 Å². The standard InChI is InChI=1S/2C28H22BrN/c2*1-19-11-15-21(16-12-19)30(22-17-13-20(2)14-18-22)28-25-9-5-3-7-23(25)27(29)24-8-4-6-10-26(24)28/h2*3-18H,1-2H3. The van der Waals surface area contributed by atoms with Gasteiger partial charge in [-0.15, -0.1) is 0 Å². The van der Waals surface area contributed by atoms with Crippen molar-refractivity contribution in [3.63, 3.8) is 0 Å². The van der Waals surface area contributed by atoms with Crippen molar-refractivity contribution in [3.05, 3.63) is 225 Å². The average Bonchev–Trinajstić information content (AvgIpc) is 3.28. The van der Waals surface area contributed by atoms with Crippen molar-refractivity contribution in [2.45, 2.75) is 27.7 Å². The van der Waals surface area contributed by atoms with Gasteiger partial charge in [-0.2, -0.15) is 0 Å². The number of rotatable bonds is 6. The SMILES string of the molecule is Cc1ccc(N(c2ccc(C)cc2)c2c3ccccc3c(Br)c3ccccc23)cc1.Cc1ccc(N(c2ccc(C)cc2)c2c3ccccc3c(Br)c3ccccc23)cc1. The molecule has 0 fully saturated rings. The first-order valence-corrected chi connectivity index (χ1v) is 21.9. The lowest BCUT2D eigenvalue weighted by molar-refractivity contribution is 1.29. The Kier molecular flexibility index (Phi) is 11.0. The van der Waals surface area contributed by atoms with Gasteiger partial charge in [-0.3, -0.25) is 0 Å². The van der Waals surface area contributed by atoms with Gasteiger partial charge in [0.1, 0.15) is 0 Å². The first-order valence-electron chi connectivity index (χ1n) is 20.3. The van der Waals surface area contributed by atoms with Crippen LogP contribution in [0.3, 0.4) is 0 Å². The van der Waals surface area contributed by atoms with Gasteiger partial charge in [0.15, 0.2) is 0 Å². The molecule has 0 saturated carbocycles. The number of aryl methyl sites for hydroxylation is 4. The number of hydrogen-bond donors (Lipinski definition) is 0. The average molecular weight is 905 g/mol. The maximum Gasteiger partial charge on any atom is 0.0619 e. The molecule has 10 rings (SSSR count). The number of hydrogen-bond acceptors (Lipinski definition) is 2. The molecule has 0 unspecified atom stereocenters. The largest absolute Gasteiger partial charge is 0.309 e. The third kappa shape index (κ3) is 7.47. The highest BCUT2D eigenvalue weighted by Crippen LogP contribution is 2.48. The molecular weight excluding hydrogens is 860 g/mol. The molecule has 0 amide bonds. The summed E-state index contributed by atoms with van der Waals surface area (Å²) in [6, 6.07) is 69.7. The van der Waals surface area contributed by atoms with Crippen LogP contribution in [0, 0.1) is 27.7 Å². The van der Waals surface area contributed by atoms with Crippen LogP contribution in [-0.2, 0) is 0 Å². The molecular formula is C56H44Br2N2. The van der Waals surface area contributed by atoms with Gasteiger partial charge in [-0.25, -0.2) is 0 Å². The summed E-state index contributed by atoms with van der Waals surface area (Å²) in [5.41, 5.74) is 12.1. The van der Waals surface area contributed by atoms with Crippen LogP contribution >= 0.6 is 31.9 Å². The van der Waals surface area contributed by atoms with Gasteiger partial charge in [-0.1, -0.05) is 168 Å². The molecule has 4 heteroatoms. The minimum absolute atomic E-state index is 1.14. The third-order valence-electron chi connectivity index (χ3n) is 11.3. The Morgan fingerprint density at radius 1 is 0.250 bits per heavy atom. The van der Waals surface area contributed by atoms with Gasteiger partial charge in [0.25, 0.3) is 0 Å². The number of benzene rings is 10. The van der Waals surface area contributed by atoms with E-state index in [0.29, 0.717) is 0 Å². The zero-order valence-corrected chi connectivity index (χ0v) is 37.3. The lowest BCUT2D eigenvalue weighted by Gasteiger charge is -2.29. The van der Waals surface area contributed by atoms with Crippen molar-refractivity contribution in [2.24, 2.45) is 0 Å². The van der Waals surface area contributed by atoms with Gasteiger partial charge in [0.2, 0.25) is 0 Å². The molecule has 10 aromatic rings. The number of halogens is 2. The number of anilines is 6. The Labute approximate surface area is 369 Å². The van der Waals surface area contributed by atoms with E-state index in [4.69, 9.17) is 0 Å². The molecule has 0 N–H and O–H groups in total.